The highest BCUT2D eigenvalue weighted by Gasteiger charge is 2.36. The highest BCUT2D eigenvalue weighted by Crippen LogP contribution is 2.24. The Morgan fingerprint density at radius 2 is 2.05 bits per heavy atom. The quantitative estimate of drug-likeness (QED) is 0.798. The lowest BCUT2D eigenvalue weighted by atomic mass is 10.0. The fourth-order valence-corrected chi connectivity index (χ4v) is 2.66. The first-order chi connectivity index (χ1) is 9.86. The van der Waals surface area contributed by atoms with Crippen LogP contribution in [0.3, 0.4) is 0 Å². The number of esters is 1. The molecule has 1 aliphatic heterocycles. The Kier molecular flexibility index (Phi) is 4.11. The van der Waals surface area contributed by atoms with Crippen molar-refractivity contribution in [2.75, 3.05) is 14.2 Å². The Bertz CT molecular complexity index is 620. The van der Waals surface area contributed by atoms with Gasteiger partial charge in [0.1, 0.15) is 11.9 Å². The number of hydrogen-bond donors (Lipinski definition) is 0. The van der Waals surface area contributed by atoms with Gasteiger partial charge in [-0.2, -0.15) is 4.99 Å². The van der Waals surface area contributed by atoms with E-state index in [0.717, 1.165) is 5.56 Å². The van der Waals surface area contributed by atoms with Crippen LogP contribution in [0.1, 0.15) is 35.3 Å². The highest BCUT2D eigenvalue weighted by molar-refractivity contribution is 6.15. The minimum Gasteiger partial charge on any atom is -0.465 e. The smallest absolute Gasteiger partial charge is 0.338 e. The van der Waals surface area contributed by atoms with Gasteiger partial charge in [0.15, 0.2) is 0 Å². The molecule has 112 valence electrons. The SMILES string of the molecule is COC(=O)c1cc(C)ccc1C1=NC(=O)C(C(C)C)N1C. The normalized spacial score (nSPS) is 18.2. The molecule has 1 atom stereocenters. The average molecular weight is 288 g/mol. The maximum Gasteiger partial charge on any atom is 0.338 e. The van der Waals surface area contributed by atoms with Gasteiger partial charge in [0.25, 0.3) is 5.91 Å². The molecule has 0 radical (unpaired) electrons. The molecule has 0 fully saturated rings. The van der Waals surface area contributed by atoms with Crippen molar-refractivity contribution in [1.82, 2.24) is 4.90 Å². The molecule has 0 spiro atoms. The number of nitrogens with zero attached hydrogens (tertiary/aromatic N) is 2. The molecule has 0 aliphatic carbocycles. The zero-order chi connectivity index (χ0) is 15.7. The van der Waals surface area contributed by atoms with E-state index in [4.69, 9.17) is 4.74 Å². The number of rotatable bonds is 3. The maximum atomic E-state index is 12.1. The summed E-state index contributed by atoms with van der Waals surface area (Å²) in [6.07, 6.45) is 0. The van der Waals surface area contributed by atoms with Crippen LogP contribution < -0.4 is 0 Å². The molecular weight excluding hydrogens is 268 g/mol. The van der Waals surface area contributed by atoms with E-state index in [0.29, 0.717) is 17.0 Å². The number of likely N-dealkylation sites (N-methyl/N-ethyl adjacent to an activating group) is 1. The molecule has 0 saturated carbocycles. The summed E-state index contributed by atoms with van der Waals surface area (Å²) in [6.45, 7) is 5.86. The van der Waals surface area contributed by atoms with Gasteiger partial charge in [0, 0.05) is 12.6 Å². The number of aliphatic imine (C=N–C) groups is 1. The Labute approximate surface area is 124 Å². The maximum absolute atomic E-state index is 12.1. The second-order valence-corrected chi connectivity index (χ2v) is 5.61. The first-order valence-corrected chi connectivity index (χ1v) is 6.91. The third kappa shape index (κ3) is 2.68. The zero-order valence-corrected chi connectivity index (χ0v) is 13.0. The van der Waals surface area contributed by atoms with Crippen LogP contribution in [0.15, 0.2) is 23.2 Å². The molecule has 5 heteroatoms. The molecule has 1 aromatic carbocycles. The molecule has 1 amide bonds. The molecular formula is C16H20N2O3. The predicted molar refractivity (Wildman–Crippen MR) is 80.5 cm³/mol. The standard InChI is InChI=1S/C16H20N2O3/c1-9(2)13-15(19)17-14(18(13)4)11-7-6-10(3)8-12(11)16(20)21-5/h6-9,13H,1-5H3. The molecule has 1 unspecified atom stereocenters. The summed E-state index contributed by atoms with van der Waals surface area (Å²) in [4.78, 5) is 30.0. The third-order valence-electron chi connectivity index (χ3n) is 3.67. The van der Waals surface area contributed by atoms with Crippen LogP contribution in [0.4, 0.5) is 0 Å². The van der Waals surface area contributed by atoms with Crippen LogP contribution in [-0.4, -0.2) is 42.8 Å². The van der Waals surface area contributed by atoms with E-state index in [1.54, 1.807) is 6.07 Å². The molecule has 0 saturated heterocycles. The molecule has 0 N–H and O–H groups in total. The van der Waals surface area contributed by atoms with Crippen molar-refractivity contribution in [3.8, 4) is 0 Å². The predicted octanol–water partition coefficient (Wildman–Crippen LogP) is 2.02. The van der Waals surface area contributed by atoms with Crippen molar-refractivity contribution in [3.05, 3.63) is 34.9 Å². The van der Waals surface area contributed by atoms with Crippen molar-refractivity contribution < 1.29 is 14.3 Å². The van der Waals surface area contributed by atoms with Gasteiger partial charge < -0.3 is 9.64 Å². The minimum absolute atomic E-state index is 0.149. The number of benzene rings is 1. The average Bonchev–Trinajstić information content (AvgIpc) is 2.72. The summed E-state index contributed by atoms with van der Waals surface area (Å²) in [5, 5.41) is 0. The summed E-state index contributed by atoms with van der Waals surface area (Å²) in [5.41, 5.74) is 2.01. The lowest BCUT2D eigenvalue weighted by Crippen LogP contribution is -2.39. The van der Waals surface area contributed by atoms with E-state index in [2.05, 4.69) is 4.99 Å². The molecule has 2 rings (SSSR count). The second kappa shape index (κ2) is 5.68. The van der Waals surface area contributed by atoms with E-state index in [9.17, 15) is 9.59 Å². The summed E-state index contributed by atoms with van der Waals surface area (Å²) in [5.74, 6) is 0.0824. The zero-order valence-electron chi connectivity index (χ0n) is 13.0. The number of aryl methyl sites for hydroxylation is 1. The molecule has 0 bridgehead atoms. The van der Waals surface area contributed by atoms with Crippen molar-refractivity contribution in [2.24, 2.45) is 10.9 Å². The first-order valence-electron chi connectivity index (χ1n) is 6.91. The van der Waals surface area contributed by atoms with Crippen molar-refractivity contribution in [2.45, 2.75) is 26.8 Å². The topological polar surface area (TPSA) is 59.0 Å². The van der Waals surface area contributed by atoms with E-state index in [1.165, 1.54) is 7.11 Å². The van der Waals surface area contributed by atoms with Gasteiger partial charge in [-0.25, -0.2) is 4.79 Å². The number of methoxy groups -OCH3 is 1. The molecule has 21 heavy (non-hydrogen) atoms. The third-order valence-corrected chi connectivity index (χ3v) is 3.67. The van der Waals surface area contributed by atoms with Crippen LogP contribution in [0.25, 0.3) is 0 Å². The Morgan fingerprint density at radius 1 is 1.38 bits per heavy atom. The number of carbonyl (C=O) groups excluding carboxylic acids is 2. The Morgan fingerprint density at radius 3 is 2.57 bits per heavy atom. The van der Waals surface area contributed by atoms with Crippen LogP contribution in [0.2, 0.25) is 0 Å². The van der Waals surface area contributed by atoms with Gasteiger partial charge >= 0.3 is 5.97 Å². The fourth-order valence-electron chi connectivity index (χ4n) is 2.66. The van der Waals surface area contributed by atoms with Crippen molar-refractivity contribution in [3.63, 3.8) is 0 Å². The summed E-state index contributed by atoms with van der Waals surface area (Å²) in [7, 11) is 3.17. The van der Waals surface area contributed by atoms with E-state index >= 15 is 0 Å². The van der Waals surface area contributed by atoms with Crippen molar-refractivity contribution in [1.29, 1.82) is 0 Å². The first kappa shape index (κ1) is 15.2. The molecule has 1 aromatic rings. The lowest BCUT2D eigenvalue weighted by Gasteiger charge is -2.25. The number of amides is 1. The van der Waals surface area contributed by atoms with Gasteiger partial charge in [0.2, 0.25) is 0 Å². The Hall–Kier alpha value is -2.17. The van der Waals surface area contributed by atoms with Crippen LogP contribution in [-0.2, 0) is 9.53 Å². The lowest BCUT2D eigenvalue weighted by molar-refractivity contribution is -0.121. The summed E-state index contributed by atoms with van der Waals surface area (Å²) >= 11 is 0. The monoisotopic (exact) mass is 288 g/mol. The number of carbonyl (C=O) groups is 2. The number of hydrogen-bond acceptors (Lipinski definition) is 4. The van der Waals surface area contributed by atoms with Crippen LogP contribution >= 0.6 is 0 Å². The molecule has 5 nitrogen and oxygen atoms in total. The number of amidine groups is 1. The van der Waals surface area contributed by atoms with Gasteiger partial charge in [-0.1, -0.05) is 31.5 Å². The van der Waals surface area contributed by atoms with Gasteiger partial charge in [-0.05, 0) is 18.9 Å². The van der Waals surface area contributed by atoms with Gasteiger partial charge in [-0.3, -0.25) is 4.79 Å². The molecule has 1 heterocycles. The summed E-state index contributed by atoms with van der Waals surface area (Å²) in [6, 6.07) is 5.18. The minimum atomic E-state index is -0.426. The second-order valence-electron chi connectivity index (χ2n) is 5.61. The van der Waals surface area contributed by atoms with Crippen molar-refractivity contribution >= 4 is 17.7 Å². The summed E-state index contributed by atoms with van der Waals surface area (Å²) < 4.78 is 4.83. The Balaban J connectivity index is 2.51. The highest BCUT2D eigenvalue weighted by atomic mass is 16.5. The van der Waals surface area contributed by atoms with Gasteiger partial charge in [-0.15, -0.1) is 0 Å². The van der Waals surface area contributed by atoms with Gasteiger partial charge in [0.05, 0.1) is 12.7 Å². The largest absolute Gasteiger partial charge is 0.465 e. The fraction of sp³-hybridized carbons (Fsp3) is 0.438. The van der Waals surface area contributed by atoms with E-state index in [-0.39, 0.29) is 17.9 Å². The van der Waals surface area contributed by atoms with Crippen LogP contribution in [0, 0.1) is 12.8 Å². The molecule has 1 aliphatic rings. The van der Waals surface area contributed by atoms with Crippen LogP contribution in [0.5, 0.6) is 0 Å². The molecule has 0 aromatic heterocycles. The van der Waals surface area contributed by atoms with E-state index < -0.39 is 5.97 Å². The van der Waals surface area contributed by atoms with E-state index in [1.807, 2.05) is 44.9 Å². The number of ether oxygens (including phenoxy) is 1.